The molecule has 0 amide bonds. The summed E-state index contributed by atoms with van der Waals surface area (Å²) in [5, 5.41) is 1.09. The molecule has 2 aromatic carbocycles. The van der Waals surface area contributed by atoms with E-state index >= 15 is 0 Å². The molecule has 0 saturated carbocycles. The Hall–Kier alpha value is -2.74. The summed E-state index contributed by atoms with van der Waals surface area (Å²) in [6.45, 7) is 6.42. The summed E-state index contributed by atoms with van der Waals surface area (Å²) < 4.78 is 2.00. The number of aryl methyl sites for hydroxylation is 1. The van der Waals surface area contributed by atoms with Crippen LogP contribution in [0.1, 0.15) is 42.1 Å². The topological polar surface area (TPSA) is 30.7 Å². The lowest BCUT2D eigenvalue weighted by Gasteiger charge is -2.07. The Morgan fingerprint density at radius 3 is 2.48 bits per heavy atom. The van der Waals surface area contributed by atoms with Gasteiger partial charge in [-0.1, -0.05) is 55.7 Å². The second kappa shape index (κ2) is 8.32. The smallest absolute Gasteiger partial charge is 0.225 e. The third kappa shape index (κ3) is 4.32. The molecule has 3 nitrogen and oxygen atoms in total. The Labute approximate surface area is 180 Å². The lowest BCUT2D eigenvalue weighted by atomic mass is 9.97. The summed E-state index contributed by atoms with van der Waals surface area (Å²) in [5.74, 6) is 6.90. The average molecular weight is 418 g/mol. The van der Waals surface area contributed by atoms with Crippen LogP contribution in [0.25, 0.3) is 11.0 Å². The number of halogens is 1. The lowest BCUT2D eigenvalue weighted by Crippen LogP contribution is -1.94. The van der Waals surface area contributed by atoms with Crippen molar-refractivity contribution in [2.24, 2.45) is 0 Å². The molecule has 0 N–H and O–H groups in total. The fraction of sp³-hybridized carbons (Fsp3) is 0.167. The van der Waals surface area contributed by atoms with E-state index in [2.05, 4.69) is 72.9 Å². The molecule has 2 aromatic heterocycles. The molecule has 0 radical (unpaired) electrons. The van der Waals surface area contributed by atoms with E-state index in [9.17, 15) is 0 Å². The second-order valence-corrected chi connectivity index (χ2v) is 8.50. The van der Waals surface area contributed by atoms with Crippen molar-refractivity contribution in [3.05, 3.63) is 88.5 Å². The number of rotatable bonds is 3. The van der Waals surface area contributed by atoms with Crippen molar-refractivity contribution >= 4 is 34.6 Å². The predicted molar refractivity (Wildman–Crippen MR) is 121 cm³/mol. The minimum absolute atomic E-state index is 0.198. The van der Waals surface area contributed by atoms with Gasteiger partial charge in [0.2, 0.25) is 5.28 Å². The number of hydrogen-bond donors (Lipinski definition) is 0. The molecule has 0 bridgehead atoms. The number of hydrogen-bond acceptors (Lipinski definition) is 3. The Morgan fingerprint density at radius 1 is 0.966 bits per heavy atom. The van der Waals surface area contributed by atoms with E-state index in [1.807, 2.05) is 34.4 Å². The minimum atomic E-state index is 0.198. The first-order valence-corrected chi connectivity index (χ1v) is 10.6. The normalized spacial score (nSPS) is 10.9. The van der Waals surface area contributed by atoms with Gasteiger partial charge in [-0.3, -0.25) is 3.97 Å². The molecule has 5 heteroatoms. The highest BCUT2D eigenvalue weighted by Crippen LogP contribution is 2.28. The lowest BCUT2D eigenvalue weighted by molar-refractivity contribution is 0.863. The zero-order valence-corrected chi connectivity index (χ0v) is 18.1. The van der Waals surface area contributed by atoms with E-state index < -0.39 is 0 Å². The molecule has 0 atom stereocenters. The molecule has 0 aliphatic carbocycles. The van der Waals surface area contributed by atoms with E-state index in [0.717, 1.165) is 21.5 Å². The summed E-state index contributed by atoms with van der Waals surface area (Å²) in [6.07, 6.45) is 1.98. The fourth-order valence-electron chi connectivity index (χ4n) is 3.09. The minimum Gasteiger partial charge on any atom is -0.271 e. The van der Waals surface area contributed by atoms with Gasteiger partial charge in [-0.05, 0) is 72.1 Å². The maximum absolute atomic E-state index is 6.23. The van der Waals surface area contributed by atoms with Gasteiger partial charge < -0.3 is 0 Å². The predicted octanol–water partition coefficient (Wildman–Crippen LogP) is 6.47. The Bertz CT molecular complexity index is 1230. The molecule has 4 aromatic rings. The first-order chi connectivity index (χ1) is 14.0. The van der Waals surface area contributed by atoms with Crippen molar-refractivity contribution < 1.29 is 0 Å². The van der Waals surface area contributed by atoms with Crippen LogP contribution in [-0.2, 0) is 0 Å². The highest BCUT2D eigenvalue weighted by Gasteiger charge is 2.11. The maximum Gasteiger partial charge on any atom is 0.225 e. The molecular weight excluding hydrogens is 398 g/mol. The monoisotopic (exact) mass is 417 g/mol. The van der Waals surface area contributed by atoms with Gasteiger partial charge in [0.15, 0.2) is 5.65 Å². The molecule has 29 heavy (non-hydrogen) atoms. The van der Waals surface area contributed by atoms with E-state index in [1.165, 1.54) is 11.1 Å². The van der Waals surface area contributed by atoms with Crippen LogP contribution in [0, 0.1) is 18.8 Å². The maximum atomic E-state index is 6.23. The first kappa shape index (κ1) is 19.6. The fourth-order valence-corrected chi connectivity index (χ4v) is 4.08. The van der Waals surface area contributed by atoms with Crippen LogP contribution in [0.4, 0.5) is 0 Å². The van der Waals surface area contributed by atoms with Crippen LogP contribution in [0.5, 0.6) is 0 Å². The van der Waals surface area contributed by atoms with Crippen molar-refractivity contribution in [2.45, 2.75) is 31.6 Å². The van der Waals surface area contributed by atoms with Crippen LogP contribution in [-0.4, -0.2) is 13.9 Å². The summed E-state index contributed by atoms with van der Waals surface area (Å²) in [7, 11) is 0. The van der Waals surface area contributed by atoms with Crippen molar-refractivity contribution in [3.63, 3.8) is 0 Å². The van der Waals surface area contributed by atoms with E-state index in [-0.39, 0.29) is 5.28 Å². The zero-order chi connectivity index (χ0) is 20.4. The molecule has 0 aliphatic heterocycles. The van der Waals surface area contributed by atoms with Gasteiger partial charge in [0, 0.05) is 16.7 Å². The van der Waals surface area contributed by atoms with Gasteiger partial charge >= 0.3 is 0 Å². The number of benzene rings is 2. The molecule has 0 aliphatic rings. The second-order valence-electron chi connectivity index (χ2n) is 7.12. The SMILES string of the molecule is Cc1ccc(Sn2ccc3c(C#Cc4ccccc4C(C)C)nc(Cl)nc32)cc1. The van der Waals surface area contributed by atoms with Gasteiger partial charge in [0.1, 0.15) is 5.69 Å². The third-order valence-electron chi connectivity index (χ3n) is 4.61. The highest BCUT2D eigenvalue weighted by atomic mass is 35.5. The van der Waals surface area contributed by atoms with Crippen LogP contribution in [0.2, 0.25) is 5.28 Å². The molecule has 4 rings (SSSR count). The van der Waals surface area contributed by atoms with Gasteiger partial charge in [-0.2, -0.15) is 4.98 Å². The quantitative estimate of drug-likeness (QED) is 0.282. The van der Waals surface area contributed by atoms with Crippen LogP contribution in [0.15, 0.2) is 65.7 Å². The van der Waals surface area contributed by atoms with Crippen LogP contribution >= 0.6 is 23.5 Å². The molecule has 0 unspecified atom stereocenters. The summed E-state index contributed by atoms with van der Waals surface area (Å²) in [4.78, 5) is 9.95. The van der Waals surface area contributed by atoms with Crippen molar-refractivity contribution in [3.8, 4) is 11.8 Å². The molecule has 0 saturated heterocycles. The van der Waals surface area contributed by atoms with E-state index in [4.69, 9.17) is 11.6 Å². The Kier molecular flexibility index (Phi) is 5.62. The van der Waals surface area contributed by atoms with Gasteiger partial charge in [-0.15, -0.1) is 0 Å². The van der Waals surface area contributed by atoms with E-state index in [1.54, 1.807) is 11.9 Å². The molecule has 0 fully saturated rings. The number of nitrogens with zero attached hydrogens (tertiary/aromatic N) is 3. The zero-order valence-electron chi connectivity index (χ0n) is 16.5. The molecule has 2 heterocycles. The molecular formula is C24H20ClN3S. The van der Waals surface area contributed by atoms with Gasteiger partial charge in [-0.25, -0.2) is 4.98 Å². The number of fused-ring (bicyclic) bond motifs is 1. The van der Waals surface area contributed by atoms with Gasteiger partial charge in [0.05, 0.1) is 5.39 Å². The third-order valence-corrected chi connectivity index (χ3v) is 5.75. The average Bonchev–Trinajstić information content (AvgIpc) is 3.10. The Balaban J connectivity index is 1.74. The highest BCUT2D eigenvalue weighted by molar-refractivity contribution is 7.98. The first-order valence-electron chi connectivity index (χ1n) is 9.42. The van der Waals surface area contributed by atoms with Crippen molar-refractivity contribution in [1.82, 2.24) is 13.9 Å². The molecule has 144 valence electrons. The van der Waals surface area contributed by atoms with Crippen molar-refractivity contribution in [2.75, 3.05) is 0 Å². The standard InChI is InChI=1S/C24H20ClN3S/c1-16(2)20-7-5-4-6-18(20)10-13-22-21-14-15-28(23(21)27-24(25)26-22)29-19-11-8-17(3)9-12-19/h4-9,11-12,14-16H,1-3H3. The largest absolute Gasteiger partial charge is 0.271 e. The number of aromatic nitrogens is 3. The van der Waals surface area contributed by atoms with Crippen LogP contribution < -0.4 is 0 Å². The Morgan fingerprint density at radius 2 is 1.72 bits per heavy atom. The van der Waals surface area contributed by atoms with Crippen LogP contribution in [0.3, 0.4) is 0 Å². The summed E-state index contributed by atoms with van der Waals surface area (Å²) in [5.41, 5.74) is 4.87. The van der Waals surface area contributed by atoms with Crippen molar-refractivity contribution in [1.29, 1.82) is 0 Å². The molecule has 0 spiro atoms. The summed E-state index contributed by atoms with van der Waals surface area (Å²) in [6, 6.07) is 18.6. The van der Waals surface area contributed by atoms with E-state index in [0.29, 0.717) is 11.6 Å². The van der Waals surface area contributed by atoms with Gasteiger partial charge in [0.25, 0.3) is 0 Å². The summed E-state index contributed by atoms with van der Waals surface area (Å²) >= 11 is 7.82.